The van der Waals surface area contributed by atoms with Gasteiger partial charge in [0.15, 0.2) is 0 Å². The zero-order valence-corrected chi connectivity index (χ0v) is 20.9. The van der Waals surface area contributed by atoms with Crippen LogP contribution in [-0.2, 0) is 13.2 Å². The Morgan fingerprint density at radius 3 is 2.47 bits per heavy atom. The molecule has 3 aromatic heterocycles. The van der Waals surface area contributed by atoms with Gasteiger partial charge in [-0.2, -0.15) is 18.3 Å². The molecule has 12 heteroatoms. The van der Waals surface area contributed by atoms with Gasteiger partial charge in [0.05, 0.1) is 35.7 Å². The first-order valence-corrected chi connectivity index (χ1v) is 11.6. The van der Waals surface area contributed by atoms with E-state index in [-0.39, 0.29) is 16.9 Å². The summed E-state index contributed by atoms with van der Waals surface area (Å²) in [7, 11) is 1.83. The Balaban J connectivity index is 1.46. The van der Waals surface area contributed by atoms with Crippen LogP contribution in [-0.4, -0.2) is 40.2 Å². The van der Waals surface area contributed by atoms with Crippen LogP contribution in [0.3, 0.4) is 0 Å². The fourth-order valence-corrected chi connectivity index (χ4v) is 4.01. The minimum Gasteiger partial charge on any atom is -0.322 e. The lowest BCUT2D eigenvalue weighted by atomic mass is 10.1. The standard InChI is InChI=1S/C26H23F3N8O/c1-15-5-6-18(7-24(15)37-13-23(33-34-37)22-11-31-35(4)17(22)3)25(38)32-20-8-19(26(27,28)29)9-21(10-20)36-12-16(2)30-14-36/h5-14H,1-4H3,(H,32,38). The van der Waals surface area contributed by atoms with Crippen molar-refractivity contribution in [2.45, 2.75) is 26.9 Å². The molecule has 0 aliphatic rings. The fraction of sp³-hybridized carbons (Fsp3) is 0.192. The Morgan fingerprint density at radius 2 is 1.82 bits per heavy atom. The van der Waals surface area contributed by atoms with Crippen LogP contribution >= 0.6 is 0 Å². The summed E-state index contributed by atoms with van der Waals surface area (Å²) in [6.45, 7) is 5.52. The molecule has 0 saturated carbocycles. The summed E-state index contributed by atoms with van der Waals surface area (Å²) in [4.78, 5) is 17.2. The highest BCUT2D eigenvalue weighted by molar-refractivity contribution is 6.04. The average Bonchev–Trinajstić information content (AvgIpc) is 3.60. The number of rotatable bonds is 5. The molecule has 0 aliphatic heterocycles. The van der Waals surface area contributed by atoms with Crippen molar-refractivity contribution in [3.63, 3.8) is 0 Å². The van der Waals surface area contributed by atoms with Gasteiger partial charge < -0.3 is 9.88 Å². The highest BCUT2D eigenvalue weighted by atomic mass is 19.4. The van der Waals surface area contributed by atoms with Crippen molar-refractivity contribution in [3.8, 4) is 22.6 Å². The molecular weight excluding hydrogens is 497 g/mol. The SMILES string of the molecule is Cc1cn(-c2cc(NC(=O)c3ccc(C)c(-n4cc(-c5cnn(C)c5C)nn4)c3)cc(C(F)(F)F)c2)cn1. The van der Waals surface area contributed by atoms with Crippen LogP contribution in [0.15, 0.2) is 61.3 Å². The molecule has 2 aromatic carbocycles. The molecule has 0 radical (unpaired) electrons. The molecule has 5 aromatic rings. The molecule has 0 spiro atoms. The number of anilines is 1. The highest BCUT2D eigenvalue weighted by Crippen LogP contribution is 2.33. The van der Waals surface area contributed by atoms with Crippen LogP contribution in [0.25, 0.3) is 22.6 Å². The second-order valence-corrected chi connectivity index (χ2v) is 8.96. The van der Waals surface area contributed by atoms with Gasteiger partial charge in [0, 0.05) is 41.4 Å². The van der Waals surface area contributed by atoms with Crippen molar-refractivity contribution < 1.29 is 18.0 Å². The molecule has 0 saturated heterocycles. The molecule has 1 amide bonds. The van der Waals surface area contributed by atoms with E-state index in [1.165, 1.54) is 17.0 Å². The van der Waals surface area contributed by atoms with Gasteiger partial charge in [-0.1, -0.05) is 11.3 Å². The normalized spacial score (nSPS) is 11.7. The number of nitrogens with one attached hydrogen (secondary N) is 1. The molecule has 0 bridgehead atoms. The van der Waals surface area contributed by atoms with E-state index >= 15 is 0 Å². The van der Waals surface area contributed by atoms with Crippen LogP contribution in [0.2, 0.25) is 0 Å². The third kappa shape index (κ3) is 4.80. The van der Waals surface area contributed by atoms with Crippen molar-refractivity contribution >= 4 is 11.6 Å². The number of halogens is 3. The summed E-state index contributed by atoms with van der Waals surface area (Å²) in [5.41, 5.74) is 4.05. The lowest BCUT2D eigenvalue weighted by Gasteiger charge is -2.14. The zero-order chi connectivity index (χ0) is 27.2. The van der Waals surface area contributed by atoms with Gasteiger partial charge in [0.25, 0.3) is 5.91 Å². The second-order valence-electron chi connectivity index (χ2n) is 8.96. The number of imidazole rings is 1. The van der Waals surface area contributed by atoms with E-state index in [4.69, 9.17) is 0 Å². The molecule has 38 heavy (non-hydrogen) atoms. The molecular formula is C26H23F3N8O. The van der Waals surface area contributed by atoms with E-state index in [1.54, 1.807) is 53.1 Å². The van der Waals surface area contributed by atoms with Gasteiger partial charge in [0.2, 0.25) is 0 Å². The summed E-state index contributed by atoms with van der Waals surface area (Å²) >= 11 is 0. The van der Waals surface area contributed by atoms with Gasteiger partial charge in [0.1, 0.15) is 5.69 Å². The number of nitrogens with zero attached hydrogens (tertiary/aromatic N) is 7. The number of hydrogen-bond acceptors (Lipinski definition) is 5. The molecule has 1 N–H and O–H groups in total. The maximum Gasteiger partial charge on any atom is 0.416 e. The van der Waals surface area contributed by atoms with Crippen LogP contribution in [0, 0.1) is 20.8 Å². The van der Waals surface area contributed by atoms with Crippen LogP contribution in [0.5, 0.6) is 0 Å². The van der Waals surface area contributed by atoms with E-state index in [0.717, 1.165) is 29.0 Å². The summed E-state index contributed by atoms with van der Waals surface area (Å²) in [6, 6.07) is 8.33. The number of aromatic nitrogens is 7. The van der Waals surface area contributed by atoms with Crippen molar-refractivity contribution in [1.82, 2.24) is 34.3 Å². The molecule has 0 atom stereocenters. The van der Waals surface area contributed by atoms with Crippen LogP contribution in [0.1, 0.15) is 32.9 Å². The smallest absolute Gasteiger partial charge is 0.322 e. The second kappa shape index (κ2) is 9.29. The number of alkyl halides is 3. The van der Waals surface area contributed by atoms with E-state index < -0.39 is 17.6 Å². The maximum atomic E-state index is 13.6. The number of carbonyl (C=O) groups excluding carboxylic acids is 1. The molecule has 3 heterocycles. The van der Waals surface area contributed by atoms with Crippen LogP contribution in [0.4, 0.5) is 18.9 Å². The largest absolute Gasteiger partial charge is 0.416 e. The summed E-state index contributed by atoms with van der Waals surface area (Å²) in [5, 5.41) is 15.3. The Labute approximate surface area is 215 Å². The maximum absolute atomic E-state index is 13.6. The van der Waals surface area contributed by atoms with E-state index in [0.29, 0.717) is 17.1 Å². The average molecular weight is 521 g/mol. The van der Waals surface area contributed by atoms with Gasteiger partial charge in [-0.25, -0.2) is 9.67 Å². The third-order valence-corrected chi connectivity index (χ3v) is 6.24. The number of hydrogen-bond donors (Lipinski definition) is 1. The number of benzene rings is 2. The molecule has 9 nitrogen and oxygen atoms in total. The van der Waals surface area contributed by atoms with E-state index in [9.17, 15) is 18.0 Å². The Bertz CT molecular complexity index is 1660. The zero-order valence-electron chi connectivity index (χ0n) is 20.9. The summed E-state index contributed by atoms with van der Waals surface area (Å²) in [5.74, 6) is -0.568. The van der Waals surface area contributed by atoms with Gasteiger partial charge in [-0.15, -0.1) is 5.10 Å². The van der Waals surface area contributed by atoms with Gasteiger partial charge >= 0.3 is 6.18 Å². The predicted octanol–water partition coefficient (Wildman–Crippen LogP) is 5.05. The minimum atomic E-state index is -4.60. The van der Waals surface area contributed by atoms with Crippen molar-refractivity contribution in [1.29, 1.82) is 0 Å². The number of amides is 1. The molecule has 5 rings (SSSR count). The first kappa shape index (κ1) is 24.9. The van der Waals surface area contributed by atoms with Crippen LogP contribution < -0.4 is 5.32 Å². The van der Waals surface area contributed by atoms with E-state index in [1.807, 2.05) is 20.9 Å². The third-order valence-electron chi connectivity index (χ3n) is 6.24. The quantitative estimate of drug-likeness (QED) is 0.350. The van der Waals surface area contributed by atoms with Crippen molar-refractivity contribution in [2.24, 2.45) is 7.05 Å². The van der Waals surface area contributed by atoms with Gasteiger partial charge in [-0.3, -0.25) is 9.48 Å². The molecule has 0 aliphatic carbocycles. The monoisotopic (exact) mass is 520 g/mol. The number of carbonyl (C=O) groups is 1. The van der Waals surface area contributed by atoms with Crippen molar-refractivity contribution in [2.75, 3.05) is 5.32 Å². The topological polar surface area (TPSA) is 95.5 Å². The molecule has 0 fully saturated rings. The van der Waals surface area contributed by atoms with Gasteiger partial charge in [-0.05, 0) is 56.7 Å². The summed E-state index contributed by atoms with van der Waals surface area (Å²) in [6.07, 6.45) is 1.86. The lowest BCUT2D eigenvalue weighted by Crippen LogP contribution is -2.15. The van der Waals surface area contributed by atoms with E-state index in [2.05, 4.69) is 25.7 Å². The Kier molecular flexibility index (Phi) is 6.09. The highest BCUT2D eigenvalue weighted by Gasteiger charge is 2.31. The lowest BCUT2D eigenvalue weighted by molar-refractivity contribution is -0.137. The summed E-state index contributed by atoms with van der Waals surface area (Å²) < 4.78 is 45.6. The predicted molar refractivity (Wildman–Crippen MR) is 134 cm³/mol. The molecule has 0 unspecified atom stereocenters. The Hall–Kier alpha value is -4.74. The first-order chi connectivity index (χ1) is 18.0. The Morgan fingerprint density at radius 1 is 1.03 bits per heavy atom. The fourth-order valence-electron chi connectivity index (χ4n) is 4.01. The van der Waals surface area contributed by atoms with Crippen molar-refractivity contribution in [3.05, 3.63) is 89.4 Å². The molecule has 194 valence electrons. The first-order valence-electron chi connectivity index (χ1n) is 11.6. The minimum absolute atomic E-state index is 0.00315. The number of aryl methyl sites for hydroxylation is 3.